The molecule has 0 bridgehead atoms. The molecule has 2 aliphatic rings. The molecule has 0 spiro atoms. The van der Waals surface area contributed by atoms with Gasteiger partial charge in [-0.25, -0.2) is 4.68 Å². The Hall–Kier alpha value is -1.50. The molecule has 3 rings (SSSR count). The van der Waals surface area contributed by atoms with Crippen molar-refractivity contribution in [3.8, 4) is 5.88 Å². The number of aryl methyl sites for hydroxylation is 1. The molecule has 1 amide bonds. The van der Waals surface area contributed by atoms with Crippen molar-refractivity contribution in [2.24, 2.45) is 0 Å². The average Bonchev–Trinajstić information content (AvgIpc) is 2.96. The van der Waals surface area contributed by atoms with E-state index in [-0.39, 0.29) is 17.1 Å². The van der Waals surface area contributed by atoms with Crippen molar-refractivity contribution in [3.05, 3.63) is 11.8 Å². The number of carbonyl (C=O) groups is 2. The summed E-state index contributed by atoms with van der Waals surface area (Å²) in [5.41, 5.74) is 0.316. The molecule has 1 aromatic heterocycles. The predicted octanol–water partition coefficient (Wildman–Crippen LogP) is 0.427. The van der Waals surface area contributed by atoms with Crippen LogP contribution in [0.3, 0.4) is 0 Å². The van der Waals surface area contributed by atoms with Crippen LogP contribution in [0.15, 0.2) is 6.07 Å². The lowest BCUT2D eigenvalue weighted by Crippen LogP contribution is -2.37. The Morgan fingerprint density at radius 2 is 2.50 bits per heavy atom. The van der Waals surface area contributed by atoms with Gasteiger partial charge in [0.05, 0.1) is 12.6 Å². The smallest absolute Gasteiger partial charge is 0.272 e. The molecule has 7 heteroatoms. The highest BCUT2D eigenvalue weighted by Gasteiger charge is 2.28. The fraction of sp³-hybridized carbons (Fsp3) is 0.545. The third-order valence-electron chi connectivity index (χ3n) is 2.98. The summed E-state index contributed by atoms with van der Waals surface area (Å²) in [5.74, 6) is 1.09. The van der Waals surface area contributed by atoms with Crippen molar-refractivity contribution < 1.29 is 14.3 Å². The summed E-state index contributed by atoms with van der Waals surface area (Å²) in [6.07, 6.45) is 1.59. The Labute approximate surface area is 108 Å². The molecule has 96 valence electrons. The van der Waals surface area contributed by atoms with E-state index >= 15 is 0 Å². The van der Waals surface area contributed by atoms with Crippen LogP contribution >= 0.6 is 11.8 Å². The van der Waals surface area contributed by atoms with E-state index in [9.17, 15) is 9.59 Å². The number of aromatic nitrogens is 2. The number of thioether (sulfide) groups is 1. The van der Waals surface area contributed by atoms with Crippen molar-refractivity contribution in [3.63, 3.8) is 0 Å². The van der Waals surface area contributed by atoms with Gasteiger partial charge in [0.1, 0.15) is 0 Å². The normalized spacial score (nSPS) is 22.4. The summed E-state index contributed by atoms with van der Waals surface area (Å²) in [7, 11) is 0. The molecule has 0 aromatic carbocycles. The first-order chi connectivity index (χ1) is 8.74. The van der Waals surface area contributed by atoms with Crippen LogP contribution in [-0.4, -0.2) is 39.2 Å². The first-order valence-electron chi connectivity index (χ1n) is 5.92. The number of hydrogen-bond acceptors (Lipinski definition) is 5. The van der Waals surface area contributed by atoms with Gasteiger partial charge in [-0.05, 0) is 6.42 Å². The van der Waals surface area contributed by atoms with Crippen LogP contribution in [0.1, 0.15) is 23.3 Å². The average molecular weight is 267 g/mol. The molecular weight excluding hydrogens is 254 g/mol. The van der Waals surface area contributed by atoms with Gasteiger partial charge in [-0.2, -0.15) is 5.10 Å². The molecule has 1 aromatic rings. The minimum atomic E-state index is -0.373. The van der Waals surface area contributed by atoms with Gasteiger partial charge in [-0.15, -0.1) is 0 Å². The van der Waals surface area contributed by atoms with Gasteiger partial charge >= 0.3 is 0 Å². The van der Waals surface area contributed by atoms with Crippen LogP contribution in [0.5, 0.6) is 5.88 Å². The zero-order valence-corrected chi connectivity index (χ0v) is 10.5. The van der Waals surface area contributed by atoms with E-state index < -0.39 is 0 Å². The first-order valence-corrected chi connectivity index (χ1v) is 6.91. The van der Waals surface area contributed by atoms with Crippen LogP contribution in [0, 0.1) is 0 Å². The lowest BCUT2D eigenvalue weighted by Gasteiger charge is -2.13. The summed E-state index contributed by atoms with van der Waals surface area (Å²) in [4.78, 5) is 23.4. The SMILES string of the molecule is O=C(NC1CCSC1=O)c1cc2n(n1)CCCO2. The second kappa shape index (κ2) is 4.64. The summed E-state index contributed by atoms with van der Waals surface area (Å²) >= 11 is 1.27. The molecule has 0 radical (unpaired) electrons. The van der Waals surface area contributed by atoms with Crippen LogP contribution in [-0.2, 0) is 11.3 Å². The summed E-state index contributed by atoms with van der Waals surface area (Å²) < 4.78 is 7.08. The quantitative estimate of drug-likeness (QED) is 0.841. The van der Waals surface area contributed by atoms with Gasteiger partial charge in [-0.1, -0.05) is 11.8 Å². The third-order valence-corrected chi connectivity index (χ3v) is 3.99. The van der Waals surface area contributed by atoms with Crippen molar-refractivity contribution >= 4 is 22.8 Å². The lowest BCUT2D eigenvalue weighted by molar-refractivity contribution is -0.112. The summed E-state index contributed by atoms with van der Waals surface area (Å²) in [5, 5.41) is 6.92. The van der Waals surface area contributed by atoms with Crippen molar-refractivity contribution in [1.82, 2.24) is 15.1 Å². The molecule has 1 saturated heterocycles. The highest BCUT2D eigenvalue weighted by Crippen LogP contribution is 2.21. The number of nitrogens with zero attached hydrogens (tertiary/aromatic N) is 2. The highest BCUT2D eigenvalue weighted by molar-refractivity contribution is 8.14. The Morgan fingerprint density at radius 1 is 1.61 bits per heavy atom. The second-order valence-corrected chi connectivity index (χ2v) is 5.37. The zero-order valence-electron chi connectivity index (χ0n) is 9.72. The summed E-state index contributed by atoms with van der Waals surface area (Å²) in [6, 6.07) is 1.25. The number of hydrogen-bond donors (Lipinski definition) is 1. The Morgan fingerprint density at radius 3 is 3.22 bits per heavy atom. The van der Waals surface area contributed by atoms with Gasteiger partial charge in [0.15, 0.2) is 5.69 Å². The topological polar surface area (TPSA) is 73.2 Å². The van der Waals surface area contributed by atoms with Crippen LogP contribution < -0.4 is 10.1 Å². The van der Waals surface area contributed by atoms with Gasteiger partial charge in [0.25, 0.3) is 5.91 Å². The van der Waals surface area contributed by atoms with E-state index in [4.69, 9.17) is 4.74 Å². The molecule has 18 heavy (non-hydrogen) atoms. The fourth-order valence-electron chi connectivity index (χ4n) is 2.04. The van der Waals surface area contributed by atoms with Crippen LogP contribution in [0.4, 0.5) is 0 Å². The number of carbonyl (C=O) groups excluding carboxylic acids is 2. The molecule has 1 unspecified atom stereocenters. The molecule has 1 atom stereocenters. The first kappa shape index (κ1) is 11.6. The zero-order chi connectivity index (χ0) is 12.5. The number of nitrogens with one attached hydrogen (secondary N) is 1. The molecule has 0 saturated carbocycles. The standard InChI is InChI=1S/C11H13N3O3S/c15-10(12-7-2-5-18-11(7)16)8-6-9-14(13-8)3-1-4-17-9/h6-7H,1-5H2,(H,12,15). The monoisotopic (exact) mass is 267 g/mol. The van der Waals surface area contributed by atoms with E-state index in [1.165, 1.54) is 11.8 Å². The van der Waals surface area contributed by atoms with Gasteiger partial charge in [0, 0.05) is 24.8 Å². The maximum atomic E-state index is 12.0. The minimum Gasteiger partial charge on any atom is -0.478 e. The predicted molar refractivity (Wildman–Crippen MR) is 65.7 cm³/mol. The van der Waals surface area contributed by atoms with Crippen molar-refractivity contribution in [1.29, 1.82) is 0 Å². The van der Waals surface area contributed by atoms with Crippen LogP contribution in [0.2, 0.25) is 0 Å². The van der Waals surface area contributed by atoms with E-state index in [1.807, 2.05) is 0 Å². The molecule has 0 aliphatic carbocycles. The molecule has 1 N–H and O–H groups in total. The largest absolute Gasteiger partial charge is 0.478 e. The number of rotatable bonds is 2. The van der Waals surface area contributed by atoms with E-state index in [2.05, 4.69) is 10.4 Å². The van der Waals surface area contributed by atoms with E-state index in [0.717, 1.165) is 18.7 Å². The fourth-order valence-corrected chi connectivity index (χ4v) is 2.97. The Balaban J connectivity index is 1.72. The lowest BCUT2D eigenvalue weighted by atomic mass is 10.2. The van der Waals surface area contributed by atoms with E-state index in [1.54, 1.807) is 10.7 Å². The molecule has 2 aliphatic heterocycles. The van der Waals surface area contributed by atoms with Crippen molar-refractivity contribution in [2.45, 2.75) is 25.4 Å². The third kappa shape index (κ3) is 2.10. The number of ether oxygens (including phenoxy) is 1. The molecule has 1 fully saturated rings. The van der Waals surface area contributed by atoms with Gasteiger partial charge in [0.2, 0.25) is 11.0 Å². The maximum Gasteiger partial charge on any atom is 0.272 e. The van der Waals surface area contributed by atoms with Crippen molar-refractivity contribution in [2.75, 3.05) is 12.4 Å². The second-order valence-electron chi connectivity index (χ2n) is 4.28. The molecular formula is C11H13N3O3S. The van der Waals surface area contributed by atoms with Gasteiger partial charge < -0.3 is 10.1 Å². The molecule has 3 heterocycles. The van der Waals surface area contributed by atoms with Crippen LogP contribution in [0.25, 0.3) is 0 Å². The Bertz CT molecular complexity index is 476. The Kier molecular flexibility index (Phi) is 2.99. The minimum absolute atomic E-state index is 0.0311. The maximum absolute atomic E-state index is 12.0. The molecule has 6 nitrogen and oxygen atoms in total. The summed E-state index contributed by atoms with van der Waals surface area (Å²) in [6.45, 7) is 1.42. The number of amides is 1. The van der Waals surface area contributed by atoms with Gasteiger partial charge in [-0.3, -0.25) is 9.59 Å². The number of fused-ring (bicyclic) bond motifs is 1. The highest BCUT2D eigenvalue weighted by atomic mass is 32.2. The van der Waals surface area contributed by atoms with E-state index in [0.29, 0.717) is 24.6 Å².